The van der Waals surface area contributed by atoms with Gasteiger partial charge >= 0.3 is 5.97 Å². The molecule has 4 nitrogen and oxygen atoms in total. The minimum absolute atomic E-state index is 0.150. The number of carboxylic acid groups (broad SMARTS) is 1. The zero-order valence-electron chi connectivity index (χ0n) is 9.02. The number of rotatable bonds is 2. The van der Waals surface area contributed by atoms with E-state index in [9.17, 15) is 13.6 Å². The summed E-state index contributed by atoms with van der Waals surface area (Å²) in [4.78, 5) is 14.6. The molecule has 0 saturated heterocycles. The van der Waals surface area contributed by atoms with Crippen LogP contribution < -0.4 is 5.73 Å². The molecule has 0 aliphatic heterocycles. The molecule has 6 heteroatoms. The normalized spacial score (nSPS) is 10.3. The van der Waals surface area contributed by atoms with Gasteiger partial charge in [0.2, 0.25) is 0 Å². The van der Waals surface area contributed by atoms with E-state index in [1.807, 2.05) is 0 Å². The van der Waals surface area contributed by atoms with Gasteiger partial charge in [-0.1, -0.05) is 0 Å². The number of pyridine rings is 1. The molecule has 0 bridgehead atoms. The molecule has 0 amide bonds. The molecular formula is C12H8F2N2O2. The number of nitrogen functional groups attached to an aromatic ring is 1. The molecular weight excluding hydrogens is 242 g/mol. The van der Waals surface area contributed by atoms with Gasteiger partial charge in [0, 0.05) is 17.8 Å². The first kappa shape index (κ1) is 12.0. The minimum Gasteiger partial charge on any atom is -0.478 e. The van der Waals surface area contributed by atoms with E-state index in [4.69, 9.17) is 10.8 Å². The highest BCUT2D eigenvalue weighted by atomic mass is 19.1. The van der Waals surface area contributed by atoms with Crippen LogP contribution >= 0.6 is 0 Å². The summed E-state index contributed by atoms with van der Waals surface area (Å²) in [6.07, 6.45) is 1.26. The first-order valence-electron chi connectivity index (χ1n) is 4.92. The van der Waals surface area contributed by atoms with E-state index in [1.165, 1.54) is 12.3 Å². The third-order valence-corrected chi connectivity index (χ3v) is 2.34. The molecule has 3 N–H and O–H groups in total. The van der Waals surface area contributed by atoms with Crippen molar-refractivity contribution in [3.63, 3.8) is 0 Å². The Balaban J connectivity index is 2.57. The van der Waals surface area contributed by atoms with Gasteiger partial charge in [-0.25, -0.2) is 18.6 Å². The van der Waals surface area contributed by atoms with Gasteiger partial charge in [0.1, 0.15) is 23.0 Å². The Bertz CT molecular complexity index is 609. The highest BCUT2D eigenvalue weighted by Gasteiger charge is 2.12. The van der Waals surface area contributed by atoms with Crippen molar-refractivity contribution in [2.75, 3.05) is 5.73 Å². The van der Waals surface area contributed by atoms with Crippen LogP contribution in [0.5, 0.6) is 0 Å². The summed E-state index contributed by atoms with van der Waals surface area (Å²) in [6.45, 7) is 0. The molecule has 1 aromatic heterocycles. The summed E-state index contributed by atoms with van der Waals surface area (Å²) >= 11 is 0. The maximum atomic E-state index is 13.1. The summed E-state index contributed by atoms with van der Waals surface area (Å²) < 4.78 is 26.1. The number of carbonyl (C=O) groups is 1. The van der Waals surface area contributed by atoms with Crippen molar-refractivity contribution in [3.8, 4) is 11.1 Å². The molecule has 1 aromatic carbocycles. The highest BCUT2D eigenvalue weighted by Crippen LogP contribution is 2.23. The third-order valence-electron chi connectivity index (χ3n) is 2.34. The number of hydrogen-bond donors (Lipinski definition) is 2. The van der Waals surface area contributed by atoms with Gasteiger partial charge in [0.15, 0.2) is 0 Å². The maximum Gasteiger partial charge on any atom is 0.339 e. The molecule has 0 radical (unpaired) electrons. The Hall–Kier alpha value is -2.50. The van der Waals surface area contributed by atoms with Crippen LogP contribution in [0.4, 0.5) is 14.6 Å². The third kappa shape index (κ3) is 2.27. The van der Waals surface area contributed by atoms with Gasteiger partial charge in [0.05, 0.1) is 0 Å². The molecule has 1 heterocycles. The van der Waals surface area contributed by atoms with Gasteiger partial charge in [0.25, 0.3) is 0 Å². The Labute approximate surface area is 101 Å². The van der Waals surface area contributed by atoms with E-state index in [-0.39, 0.29) is 22.5 Å². The van der Waals surface area contributed by atoms with E-state index in [1.54, 1.807) is 0 Å². The number of halogens is 2. The highest BCUT2D eigenvalue weighted by molar-refractivity contribution is 5.94. The van der Waals surface area contributed by atoms with Crippen molar-refractivity contribution in [2.45, 2.75) is 0 Å². The van der Waals surface area contributed by atoms with Crippen LogP contribution in [0.2, 0.25) is 0 Å². The van der Waals surface area contributed by atoms with Crippen molar-refractivity contribution >= 4 is 11.8 Å². The second-order valence-corrected chi connectivity index (χ2v) is 3.62. The topological polar surface area (TPSA) is 76.2 Å². The second-order valence-electron chi connectivity index (χ2n) is 3.62. The Morgan fingerprint density at radius 3 is 2.28 bits per heavy atom. The lowest BCUT2D eigenvalue weighted by Crippen LogP contribution is -2.04. The molecule has 0 aliphatic carbocycles. The summed E-state index contributed by atoms with van der Waals surface area (Å²) in [5.41, 5.74) is 5.65. The molecule has 0 aliphatic rings. The smallest absolute Gasteiger partial charge is 0.339 e. The molecule has 2 rings (SSSR count). The number of hydrogen-bond acceptors (Lipinski definition) is 3. The van der Waals surface area contributed by atoms with Gasteiger partial charge in [-0.3, -0.25) is 0 Å². The van der Waals surface area contributed by atoms with Crippen LogP contribution in [0.3, 0.4) is 0 Å². The fraction of sp³-hybridized carbons (Fsp3) is 0. The van der Waals surface area contributed by atoms with Crippen LogP contribution in [0.25, 0.3) is 11.1 Å². The lowest BCUT2D eigenvalue weighted by atomic mass is 10.1. The van der Waals surface area contributed by atoms with Crippen molar-refractivity contribution in [1.82, 2.24) is 4.98 Å². The lowest BCUT2D eigenvalue weighted by molar-refractivity contribution is 0.0697. The molecule has 0 saturated carbocycles. The Morgan fingerprint density at radius 2 is 1.72 bits per heavy atom. The molecule has 0 spiro atoms. The zero-order valence-corrected chi connectivity index (χ0v) is 9.02. The number of anilines is 1. The summed E-state index contributed by atoms with van der Waals surface area (Å²) in [7, 11) is 0. The molecule has 18 heavy (non-hydrogen) atoms. The summed E-state index contributed by atoms with van der Waals surface area (Å²) in [5.74, 6) is -2.90. The fourth-order valence-electron chi connectivity index (χ4n) is 1.53. The van der Waals surface area contributed by atoms with E-state index < -0.39 is 17.6 Å². The van der Waals surface area contributed by atoms with E-state index in [0.29, 0.717) is 0 Å². The number of nitrogens with zero attached hydrogens (tertiary/aromatic N) is 1. The predicted molar refractivity (Wildman–Crippen MR) is 61.0 cm³/mol. The van der Waals surface area contributed by atoms with Crippen LogP contribution in [0.1, 0.15) is 10.4 Å². The number of aromatic carboxylic acids is 1. The van der Waals surface area contributed by atoms with Crippen LogP contribution in [-0.4, -0.2) is 16.1 Å². The first-order chi connectivity index (χ1) is 8.47. The van der Waals surface area contributed by atoms with Gasteiger partial charge in [-0.2, -0.15) is 0 Å². The number of aromatic nitrogens is 1. The standard InChI is InChI=1S/C12H8F2N2O2/c13-8-1-6(2-9(14)4-8)7-3-10(12(17)18)11(15)16-5-7/h1-5H,(H2,15,16)(H,17,18). The van der Waals surface area contributed by atoms with E-state index in [0.717, 1.165) is 18.2 Å². The molecule has 0 unspecified atom stereocenters. The van der Waals surface area contributed by atoms with E-state index in [2.05, 4.69) is 4.98 Å². The number of carboxylic acids is 1. The average Bonchev–Trinajstić information content (AvgIpc) is 2.27. The molecule has 0 atom stereocenters. The van der Waals surface area contributed by atoms with Crippen molar-refractivity contribution in [1.29, 1.82) is 0 Å². The Kier molecular flexibility index (Phi) is 2.93. The van der Waals surface area contributed by atoms with Crippen LogP contribution in [-0.2, 0) is 0 Å². The SMILES string of the molecule is Nc1ncc(-c2cc(F)cc(F)c2)cc1C(=O)O. The lowest BCUT2D eigenvalue weighted by Gasteiger charge is -2.05. The van der Waals surface area contributed by atoms with Crippen molar-refractivity contribution in [2.24, 2.45) is 0 Å². The molecule has 0 fully saturated rings. The maximum absolute atomic E-state index is 13.1. The van der Waals surface area contributed by atoms with Gasteiger partial charge in [-0.05, 0) is 23.8 Å². The minimum atomic E-state index is -1.25. The monoisotopic (exact) mass is 250 g/mol. The zero-order chi connectivity index (χ0) is 13.3. The van der Waals surface area contributed by atoms with Crippen molar-refractivity contribution < 1.29 is 18.7 Å². The van der Waals surface area contributed by atoms with Gasteiger partial charge < -0.3 is 10.8 Å². The quantitative estimate of drug-likeness (QED) is 0.857. The molecule has 92 valence electrons. The summed E-state index contributed by atoms with van der Waals surface area (Å²) in [5, 5.41) is 8.88. The number of benzene rings is 1. The summed E-state index contributed by atoms with van der Waals surface area (Å²) in [6, 6.07) is 4.12. The van der Waals surface area contributed by atoms with Crippen LogP contribution in [0.15, 0.2) is 30.5 Å². The van der Waals surface area contributed by atoms with Gasteiger partial charge in [-0.15, -0.1) is 0 Å². The van der Waals surface area contributed by atoms with Crippen molar-refractivity contribution in [3.05, 3.63) is 47.7 Å². The average molecular weight is 250 g/mol. The second kappa shape index (κ2) is 4.40. The fourth-order valence-corrected chi connectivity index (χ4v) is 1.53. The van der Waals surface area contributed by atoms with Crippen LogP contribution in [0, 0.1) is 11.6 Å². The van der Waals surface area contributed by atoms with E-state index >= 15 is 0 Å². The largest absolute Gasteiger partial charge is 0.478 e. The number of nitrogens with two attached hydrogens (primary N) is 1. The molecule has 2 aromatic rings. The Morgan fingerprint density at radius 1 is 1.11 bits per heavy atom. The predicted octanol–water partition coefficient (Wildman–Crippen LogP) is 2.31. The first-order valence-corrected chi connectivity index (χ1v) is 4.92.